The highest BCUT2D eigenvalue weighted by atomic mass is 16.9. The van der Waals surface area contributed by atoms with Crippen molar-refractivity contribution in [1.29, 1.82) is 0 Å². The van der Waals surface area contributed by atoms with E-state index in [1.54, 1.807) is 7.11 Å². The fraction of sp³-hybridized carbons (Fsp3) is 0.750. The molecule has 31 heavy (non-hydrogen) atoms. The molecule has 0 aromatic heterocycles. The summed E-state index contributed by atoms with van der Waals surface area (Å²) in [5.74, 6) is -0.350. The van der Waals surface area contributed by atoms with Crippen LogP contribution in [0, 0.1) is 0 Å². The maximum absolute atomic E-state index is 6.41. The molecule has 0 unspecified atom stereocenters. The lowest BCUT2D eigenvalue weighted by molar-refractivity contribution is -0.254. The van der Waals surface area contributed by atoms with Crippen LogP contribution in [0.1, 0.15) is 58.9 Å². The van der Waals surface area contributed by atoms with Gasteiger partial charge in [-0.05, 0) is 43.4 Å². The fourth-order valence-corrected chi connectivity index (χ4v) is 4.70. The van der Waals surface area contributed by atoms with E-state index in [-0.39, 0.29) is 24.4 Å². The summed E-state index contributed by atoms with van der Waals surface area (Å²) in [6, 6.07) is 7.88. The summed E-state index contributed by atoms with van der Waals surface area (Å²) in [7, 11) is 1.66. The molecule has 174 valence electrons. The van der Waals surface area contributed by atoms with Crippen LogP contribution in [0.25, 0.3) is 0 Å². The lowest BCUT2D eigenvalue weighted by Gasteiger charge is -2.32. The van der Waals surface area contributed by atoms with Crippen molar-refractivity contribution in [3.05, 3.63) is 29.8 Å². The van der Waals surface area contributed by atoms with Crippen molar-refractivity contribution in [2.45, 2.75) is 102 Å². The van der Waals surface area contributed by atoms with E-state index in [4.69, 9.17) is 33.2 Å². The molecule has 0 spiro atoms. The molecular formula is C24H36O7. The summed E-state index contributed by atoms with van der Waals surface area (Å²) < 4.78 is 43.1. The topological polar surface area (TPSA) is 64.6 Å². The smallest absolute Gasteiger partial charge is 0.190 e. The second kappa shape index (κ2) is 9.33. The third-order valence-corrected chi connectivity index (χ3v) is 6.89. The van der Waals surface area contributed by atoms with Crippen LogP contribution in [0.2, 0.25) is 0 Å². The fourth-order valence-electron chi connectivity index (χ4n) is 4.70. The lowest BCUT2D eigenvalue weighted by atomic mass is 10.1. The van der Waals surface area contributed by atoms with Gasteiger partial charge in [-0.3, -0.25) is 0 Å². The second-order valence-electron chi connectivity index (χ2n) is 8.50. The van der Waals surface area contributed by atoms with E-state index in [1.807, 2.05) is 24.3 Å². The third kappa shape index (κ3) is 4.36. The van der Waals surface area contributed by atoms with E-state index in [9.17, 15) is 0 Å². The maximum Gasteiger partial charge on any atom is 0.190 e. The first-order chi connectivity index (χ1) is 15.0. The van der Waals surface area contributed by atoms with E-state index in [0.717, 1.165) is 37.0 Å². The number of hydrogen-bond donors (Lipinski definition) is 0. The van der Waals surface area contributed by atoms with Crippen molar-refractivity contribution in [2.24, 2.45) is 0 Å². The number of hydrogen-bond acceptors (Lipinski definition) is 7. The minimum Gasteiger partial charge on any atom is -0.497 e. The Morgan fingerprint density at radius 2 is 1.55 bits per heavy atom. The summed E-state index contributed by atoms with van der Waals surface area (Å²) >= 11 is 0. The van der Waals surface area contributed by atoms with Crippen LogP contribution >= 0.6 is 0 Å². The molecule has 0 bridgehead atoms. The van der Waals surface area contributed by atoms with Gasteiger partial charge in [0.25, 0.3) is 0 Å². The molecule has 0 aliphatic carbocycles. The maximum atomic E-state index is 6.41. The molecule has 4 rings (SSSR count). The van der Waals surface area contributed by atoms with Crippen molar-refractivity contribution in [3.63, 3.8) is 0 Å². The SMILES string of the molecule is CCC1(CC)O[C@H]2O[C@H]([C@H]3COC(CC)(CC)O3)[C@H](OCc3ccc(OC)cc3)[C@H]2O1. The Bertz CT molecular complexity index is 713. The molecule has 0 N–H and O–H groups in total. The van der Waals surface area contributed by atoms with Crippen LogP contribution in [0.3, 0.4) is 0 Å². The van der Waals surface area contributed by atoms with Gasteiger partial charge in [0.2, 0.25) is 0 Å². The van der Waals surface area contributed by atoms with Crippen LogP contribution < -0.4 is 4.74 Å². The van der Waals surface area contributed by atoms with Gasteiger partial charge in [0.1, 0.15) is 30.2 Å². The summed E-state index contributed by atoms with van der Waals surface area (Å²) in [5, 5.41) is 0. The normalized spacial score (nSPS) is 33.5. The lowest BCUT2D eigenvalue weighted by Crippen LogP contribution is -2.45. The van der Waals surface area contributed by atoms with Gasteiger partial charge in [-0.25, -0.2) is 0 Å². The van der Waals surface area contributed by atoms with E-state index in [1.165, 1.54) is 0 Å². The monoisotopic (exact) mass is 436 g/mol. The van der Waals surface area contributed by atoms with Gasteiger partial charge < -0.3 is 33.2 Å². The van der Waals surface area contributed by atoms with E-state index < -0.39 is 17.9 Å². The number of ether oxygens (including phenoxy) is 7. The minimum atomic E-state index is -0.619. The molecule has 1 aromatic carbocycles. The zero-order valence-electron chi connectivity index (χ0n) is 19.3. The first kappa shape index (κ1) is 23.0. The zero-order valence-corrected chi connectivity index (χ0v) is 19.3. The van der Waals surface area contributed by atoms with Crippen LogP contribution in [-0.4, -0.2) is 56.0 Å². The molecule has 3 fully saturated rings. The Hall–Kier alpha value is -1.22. The van der Waals surface area contributed by atoms with E-state index in [2.05, 4.69) is 27.7 Å². The summed E-state index contributed by atoms with van der Waals surface area (Å²) in [5.41, 5.74) is 1.05. The van der Waals surface area contributed by atoms with E-state index in [0.29, 0.717) is 13.2 Å². The predicted octanol–water partition coefficient (Wildman–Crippen LogP) is 4.17. The van der Waals surface area contributed by atoms with Gasteiger partial charge in [0, 0.05) is 0 Å². The number of methoxy groups -OCH3 is 1. The number of fused-ring (bicyclic) bond motifs is 1. The Balaban J connectivity index is 1.50. The van der Waals surface area contributed by atoms with Crippen molar-refractivity contribution in [3.8, 4) is 5.75 Å². The van der Waals surface area contributed by atoms with Crippen molar-refractivity contribution in [1.82, 2.24) is 0 Å². The molecule has 7 heteroatoms. The van der Waals surface area contributed by atoms with Gasteiger partial charge in [-0.2, -0.15) is 0 Å². The highest BCUT2D eigenvalue weighted by Gasteiger charge is 2.60. The van der Waals surface area contributed by atoms with E-state index >= 15 is 0 Å². The van der Waals surface area contributed by atoms with Gasteiger partial charge in [0.15, 0.2) is 17.9 Å². The number of benzene rings is 1. The Morgan fingerprint density at radius 1 is 0.871 bits per heavy atom. The molecule has 1 aromatic rings. The minimum absolute atomic E-state index is 0.226. The van der Waals surface area contributed by atoms with Crippen LogP contribution in [0.5, 0.6) is 5.75 Å². The average molecular weight is 437 g/mol. The van der Waals surface area contributed by atoms with Gasteiger partial charge in [0.05, 0.1) is 20.3 Å². The molecule has 0 radical (unpaired) electrons. The Kier molecular flexibility index (Phi) is 6.91. The first-order valence-electron chi connectivity index (χ1n) is 11.6. The predicted molar refractivity (Wildman–Crippen MR) is 114 cm³/mol. The zero-order chi connectivity index (χ0) is 22.1. The first-order valence-corrected chi connectivity index (χ1v) is 11.6. The van der Waals surface area contributed by atoms with Crippen molar-refractivity contribution >= 4 is 0 Å². The Morgan fingerprint density at radius 3 is 2.13 bits per heavy atom. The molecule has 7 nitrogen and oxygen atoms in total. The summed E-state index contributed by atoms with van der Waals surface area (Å²) in [6.07, 6.45) is 1.47. The Labute approximate surface area is 185 Å². The molecule has 5 atom stereocenters. The molecule has 3 saturated heterocycles. The van der Waals surface area contributed by atoms with Crippen LogP contribution in [-0.2, 0) is 35.0 Å². The highest BCUT2D eigenvalue weighted by molar-refractivity contribution is 5.26. The standard InChI is InChI=1S/C24H36O7/c1-6-23(7-2)27-15-18(29-23)19-20(26-14-16-10-12-17(25-5)13-11-16)21-22(28-19)31-24(8-3,9-4)30-21/h10-13,18-22H,6-9,14-15H2,1-5H3/t18-,19-,20+,21-,22-/m1/s1. The second-order valence-corrected chi connectivity index (χ2v) is 8.50. The van der Waals surface area contributed by atoms with Crippen molar-refractivity contribution < 1.29 is 33.2 Å². The van der Waals surface area contributed by atoms with Crippen LogP contribution in [0.4, 0.5) is 0 Å². The largest absolute Gasteiger partial charge is 0.497 e. The summed E-state index contributed by atoms with van der Waals surface area (Å²) in [4.78, 5) is 0. The molecule has 3 heterocycles. The molecule has 0 amide bonds. The van der Waals surface area contributed by atoms with Crippen molar-refractivity contribution in [2.75, 3.05) is 13.7 Å². The van der Waals surface area contributed by atoms with Gasteiger partial charge in [-0.1, -0.05) is 39.8 Å². The molecular weight excluding hydrogens is 400 g/mol. The summed E-state index contributed by atoms with van der Waals surface area (Å²) in [6.45, 7) is 9.21. The highest BCUT2D eigenvalue weighted by Crippen LogP contribution is 2.45. The molecule has 3 aliphatic heterocycles. The molecule has 0 saturated carbocycles. The van der Waals surface area contributed by atoms with Gasteiger partial charge in [-0.15, -0.1) is 0 Å². The number of rotatable bonds is 9. The van der Waals surface area contributed by atoms with Crippen LogP contribution in [0.15, 0.2) is 24.3 Å². The quantitative estimate of drug-likeness (QED) is 0.576. The molecule has 3 aliphatic rings. The average Bonchev–Trinajstić information content (AvgIpc) is 3.49. The third-order valence-electron chi connectivity index (χ3n) is 6.89. The van der Waals surface area contributed by atoms with Gasteiger partial charge >= 0.3 is 0 Å².